The molecule has 0 spiro atoms. The molecule has 33 heavy (non-hydrogen) atoms. The topological polar surface area (TPSA) is 43.4 Å². The van der Waals surface area contributed by atoms with Crippen molar-refractivity contribution in [1.29, 1.82) is 0 Å². The lowest BCUT2D eigenvalue weighted by Crippen LogP contribution is -2.18. The van der Waals surface area contributed by atoms with Gasteiger partial charge in [0, 0.05) is 6.42 Å². The van der Waals surface area contributed by atoms with E-state index in [0.717, 1.165) is 32.1 Å². The van der Waals surface area contributed by atoms with Gasteiger partial charge in [-0.3, -0.25) is 9.59 Å². The summed E-state index contributed by atoms with van der Waals surface area (Å²) in [5.41, 5.74) is 0. The number of esters is 1. The number of carbonyl (C=O) groups excluding carboxylic acids is 2. The van der Waals surface area contributed by atoms with Gasteiger partial charge in [0.15, 0.2) is 0 Å². The Labute approximate surface area is 207 Å². The van der Waals surface area contributed by atoms with Crippen LogP contribution in [0.1, 0.15) is 174 Å². The van der Waals surface area contributed by atoms with Crippen molar-refractivity contribution in [3.8, 4) is 0 Å². The molecular weight excluding hydrogens is 408 g/mol. The molecule has 0 aliphatic rings. The van der Waals surface area contributed by atoms with E-state index in [-0.39, 0.29) is 18.5 Å². The molecule has 195 valence electrons. The van der Waals surface area contributed by atoms with Crippen LogP contribution in [0.25, 0.3) is 0 Å². The van der Waals surface area contributed by atoms with Crippen LogP contribution in [0, 0.1) is 0 Å². The van der Waals surface area contributed by atoms with Crippen LogP contribution >= 0.6 is 0 Å². The van der Waals surface area contributed by atoms with Gasteiger partial charge in [0.2, 0.25) is 6.29 Å². The number of unbranched alkanes of at least 4 members (excludes halogenated alkanes) is 20. The number of carbonyl (C=O) groups is 1. The minimum atomic E-state index is -0.262. The highest BCUT2D eigenvalue weighted by molar-refractivity contribution is 5.69. The van der Waals surface area contributed by atoms with E-state index in [0.29, 0.717) is 6.42 Å². The zero-order chi connectivity index (χ0) is 24.2. The summed E-state index contributed by atoms with van der Waals surface area (Å²) >= 11 is 0. The summed E-state index contributed by atoms with van der Waals surface area (Å²) < 4.78 is 5.56. The number of hydrogen-bond acceptors (Lipinski definition) is 3. The predicted molar refractivity (Wildman–Crippen MR) is 142 cm³/mol. The van der Waals surface area contributed by atoms with Crippen LogP contribution in [0.3, 0.4) is 0 Å². The van der Waals surface area contributed by atoms with Crippen LogP contribution in [-0.2, 0) is 14.3 Å². The van der Waals surface area contributed by atoms with E-state index in [9.17, 15) is 9.59 Å². The van der Waals surface area contributed by atoms with Crippen molar-refractivity contribution >= 4 is 12.3 Å². The minimum absolute atomic E-state index is 0.131. The van der Waals surface area contributed by atoms with Crippen molar-refractivity contribution in [2.45, 2.75) is 180 Å². The maximum absolute atomic E-state index is 12.1. The molecule has 0 fully saturated rings. The van der Waals surface area contributed by atoms with Crippen LogP contribution in [0.15, 0.2) is 0 Å². The Bertz CT molecular complexity index is 407. The molecule has 1 unspecified atom stereocenters. The fourth-order valence-electron chi connectivity index (χ4n) is 4.51. The van der Waals surface area contributed by atoms with Gasteiger partial charge in [0.1, 0.15) is 6.10 Å². The van der Waals surface area contributed by atoms with Crippen molar-refractivity contribution in [3.63, 3.8) is 0 Å². The van der Waals surface area contributed by atoms with Crippen LogP contribution in [0.2, 0.25) is 0 Å². The molecule has 0 bridgehead atoms. The van der Waals surface area contributed by atoms with E-state index in [4.69, 9.17) is 4.74 Å². The van der Waals surface area contributed by atoms with Crippen molar-refractivity contribution in [2.75, 3.05) is 0 Å². The van der Waals surface area contributed by atoms with E-state index in [1.165, 1.54) is 116 Å². The molecule has 0 aromatic rings. The van der Waals surface area contributed by atoms with Crippen molar-refractivity contribution in [3.05, 3.63) is 0 Å². The molecule has 3 heteroatoms. The van der Waals surface area contributed by atoms with E-state index in [2.05, 4.69) is 13.8 Å². The third-order valence-corrected chi connectivity index (χ3v) is 6.72. The number of rotatable bonds is 27. The van der Waals surface area contributed by atoms with E-state index >= 15 is 0 Å². The average molecular weight is 466 g/mol. The highest BCUT2D eigenvalue weighted by Gasteiger charge is 2.14. The molecule has 3 nitrogen and oxygen atoms in total. The van der Waals surface area contributed by atoms with Crippen LogP contribution in [-0.4, -0.2) is 18.4 Å². The first-order chi connectivity index (χ1) is 16.2. The Kier molecular flexibility index (Phi) is 26.7. The highest BCUT2D eigenvalue weighted by Crippen LogP contribution is 2.16. The van der Waals surface area contributed by atoms with Gasteiger partial charge in [0.25, 0.3) is 0 Å². The van der Waals surface area contributed by atoms with E-state index in [1.54, 1.807) is 0 Å². The third-order valence-electron chi connectivity index (χ3n) is 6.72. The van der Waals surface area contributed by atoms with Crippen LogP contribution in [0.5, 0.6) is 0 Å². The average Bonchev–Trinajstić information content (AvgIpc) is 2.81. The second-order valence-electron chi connectivity index (χ2n) is 10.1. The van der Waals surface area contributed by atoms with Gasteiger partial charge < -0.3 is 4.74 Å². The largest absolute Gasteiger partial charge is 0.462 e. The van der Waals surface area contributed by atoms with Gasteiger partial charge >= 0.3 is 5.97 Å². The molecule has 0 rings (SSSR count). The van der Waals surface area contributed by atoms with Gasteiger partial charge in [0.05, 0.1) is 6.42 Å². The quantitative estimate of drug-likeness (QED) is 0.0895. The maximum atomic E-state index is 12.1. The highest BCUT2D eigenvalue weighted by atomic mass is 16.5. The zero-order valence-corrected chi connectivity index (χ0v) is 22.5. The predicted octanol–water partition coefficient (Wildman–Crippen LogP) is 9.80. The minimum Gasteiger partial charge on any atom is -0.462 e. The van der Waals surface area contributed by atoms with Crippen LogP contribution < -0.4 is 0 Å². The second kappa shape index (κ2) is 27.4. The summed E-state index contributed by atoms with van der Waals surface area (Å²) in [6.45, 7) is 4.51. The molecule has 0 saturated heterocycles. The first-order valence-corrected chi connectivity index (χ1v) is 14.8. The molecule has 1 atom stereocenters. The standard InChI is InChI=1S/C30H57O3/c1-3-5-7-9-11-13-14-15-16-17-18-20-22-24-26-30(32)33-29(27-28-31)25-23-21-19-12-10-8-6-4-2/h29H,3-27H2,1-2H3. The van der Waals surface area contributed by atoms with Crippen molar-refractivity contribution < 1.29 is 14.3 Å². The fourth-order valence-corrected chi connectivity index (χ4v) is 4.51. The first-order valence-electron chi connectivity index (χ1n) is 14.8. The van der Waals surface area contributed by atoms with E-state index in [1.807, 2.05) is 6.29 Å². The van der Waals surface area contributed by atoms with Crippen molar-refractivity contribution in [2.24, 2.45) is 0 Å². The summed E-state index contributed by atoms with van der Waals surface area (Å²) in [6, 6.07) is 0. The van der Waals surface area contributed by atoms with Gasteiger partial charge in [-0.05, 0) is 19.3 Å². The molecule has 1 radical (unpaired) electrons. The Balaban J connectivity index is 3.52. The smallest absolute Gasteiger partial charge is 0.306 e. The van der Waals surface area contributed by atoms with Gasteiger partial charge in [-0.15, -0.1) is 0 Å². The van der Waals surface area contributed by atoms with E-state index < -0.39 is 0 Å². The molecule has 0 aromatic heterocycles. The maximum Gasteiger partial charge on any atom is 0.306 e. The van der Waals surface area contributed by atoms with Crippen LogP contribution in [0.4, 0.5) is 0 Å². The summed E-state index contributed by atoms with van der Waals surface area (Å²) in [4.78, 5) is 22.9. The molecule has 0 aliphatic heterocycles. The lowest BCUT2D eigenvalue weighted by molar-refractivity contribution is -0.149. The molecule has 0 N–H and O–H groups in total. The van der Waals surface area contributed by atoms with Crippen molar-refractivity contribution in [1.82, 2.24) is 0 Å². The molecule has 0 amide bonds. The first kappa shape index (κ1) is 32.1. The summed E-state index contributed by atoms with van der Waals surface area (Å²) in [7, 11) is 0. The molecule has 0 aromatic carbocycles. The number of hydrogen-bond donors (Lipinski definition) is 0. The molecule has 0 saturated carbocycles. The molecule has 0 aliphatic carbocycles. The zero-order valence-electron chi connectivity index (χ0n) is 22.5. The van der Waals surface area contributed by atoms with Gasteiger partial charge in [-0.25, -0.2) is 0 Å². The Morgan fingerprint density at radius 2 is 0.939 bits per heavy atom. The third kappa shape index (κ3) is 25.6. The fraction of sp³-hybridized carbons (Fsp3) is 0.933. The van der Waals surface area contributed by atoms with Gasteiger partial charge in [-0.1, -0.05) is 142 Å². The Morgan fingerprint density at radius 1 is 0.576 bits per heavy atom. The second-order valence-corrected chi connectivity index (χ2v) is 10.1. The summed E-state index contributed by atoms with van der Waals surface area (Å²) in [5, 5.41) is 0. The number of ether oxygens (including phenoxy) is 1. The SMILES string of the molecule is CCCCCCCCCCCCCCCCC(=O)OC(C[C]=O)CCCCCCCCCC. The normalized spacial score (nSPS) is 12.1. The lowest BCUT2D eigenvalue weighted by Gasteiger charge is -2.15. The molecular formula is C30H57O3. The summed E-state index contributed by atoms with van der Waals surface area (Å²) in [5.74, 6) is -0.131. The van der Waals surface area contributed by atoms with Gasteiger partial charge in [-0.2, -0.15) is 0 Å². The lowest BCUT2D eigenvalue weighted by atomic mass is 10.0. The summed E-state index contributed by atoms with van der Waals surface area (Å²) in [6.07, 6.45) is 31.6. The monoisotopic (exact) mass is 465 g/mol. The Morgan fingerprint density at radius 3 is 1.33 bits per heavy atom. The molecule has 0 heterocycles. The Hall–Kier alpha value is -0.860.